The number of hydrogen-bond acceptors (Lipinski definition) is 4. The van der Waals surface area contributed by atoms with Gasteiger partial charge in [0.2, 0.25) is 15.9 Å². The molecule has 30 heavy (non-hydrogen) atoms. The molecule has 164 valence electrons. The number of carbonyl (C=O) groups excluding carboxylic acids is 1. The van der Waals surface area contributed by atoms with E-state index in [1.165, 1.54) is 31.8 Å². The van der Waals surface area contributed by atoms with Crippen molar-refractivity contribution in [2.45, 2.75) is 44.6 Å². The van der Waals surface area contributed by atoms with Gasteiger partial charge >= 0.3 is 0 Å². The van der Waals surface area contributed by atoms with Crippen LogP contribution >= 0.6 is 0 Å². The normalized spacial score (nSPS) is 13.1. The third-order valence-corrected chi connectivity index (χ3v) is 6.82. The Balaban J connectivity index is 2.05. The molecule has 0 aliphatic rings. The largest absolute Gasteiger partial charge is 0.325 e. The van der Waals surface area contributed by atoms with Crippen molar-refractivity contribution in [3.63, 3.8) is 0 Å². The van der Waals surface area contributed by atoms with Crippen LogP contribution in [0, 0.1) is 5.92 Å². The molecule has 1 amide bonds. The van der Waals surface area contributed by atoms with Gasteiger partial charge in [0.15, 0.2) is 0 Å². The van der Waals surface area contributed by atoms with E-state index in [1.54, 1.807) is 12.1 Å². The van der Waals surface area contributed by atoms with Crippen molar-refractivity contribution in [2.24, 2.45) is 5.92 Å². The highest BCUT2D eigenvalue weighted by Crippen LogP contribution is 2.24. The van der Waals surface area contributed by atoms with E-state index < -0.39 is 10.0 Å². The number of hydrogen-bond donors (Lipinski definition) is 2. The quantitative estimate of drug-likeness (QED) is 0.629. The van der Waals surface area contributed by atoms with Gasteiger partial charge in [-0.2, -0.15) is 0 Å². The number of nitrogens with one attached hydrogen (secondary N) is 2. The lowest BCUT2D eigenvalue weighted by molar-refractivity contribution is -0.115. The fourth-order valence-electron chi connectivity index (χ4n) is 3.18. The Morgan fingerprint density at radius 3 is 2.10 bits per heavy atom. The molecule has 0 aliphatic carbocycles. The van der Waals surface area contributed by atoms with Gasteiger partial charge in [0.05, 0.1) is 11.4 Å². The van der Waals surface area contributed by atoms with Crippen molar-refractivity contribution in [2.75, 3.05) is 26.0 Å². The molecular formula is C23H33N3O3S. The Morgan fingerprint density at radius 2 is 1.57 bits per heavy atom. The molecule has 2 aromatic rings. The van der Waals surface area contributed by atoms with Crippen molar-refractivity contribution >= 4 is 21.6 Å². The molecule has 7 heteroatoms. The highest BCUT2D eigenvalue weighted by atomic mass is 32.2. The highest BCUT2D eigenvalue weighted by Gasteiger charge is 2.19. The van der Waals surface area contributed by atoms with Gasteiger partial charge in [0, 0.05) is 25.8 Å². The Labute approximate surface area is 180 Å². The zero-order valence-corrected chi connectivity index (χ0v) is 19.5. The van der Waals surface area contributed by atoms with Gasteiger partial charge in [-0.3, -0.25) is 4.79 Å². The predicted octanol–water partition coefficient (Wildman–Crippen LogP) is 3.99. The molecule has 0 aliphatic heterocycles. The molecule has 2 aromatic carbocycles. The van der Waals surface area contributed by atoms with Crippen LogP contribution in [-0.2, 0) is 14.8 Å². The summed E-state index contributed by atoms with van der Waals surface area (Å²) in [7, 11) is -0.599. The monoisotopic (exact) mass is 431 g/mol. The average Bonchev–Trinajstić information content (AvgIpc) is 2.68. The Hall–Kier alpha value is -2.22. The number of sulfonamides is 1. The molecule has 6 nitrogen and oxygen atoms in total. The summed E-state index contributed by atoms with van der Waals surface area (Å²) in [4.78, 5) is 12.6. The lowest BCUT2D eigenvalue weighted by Gasteiger charge is -2.23. The molecule has 0 bridgehead atoms. The van der Waals surface area contributed by atoms with E-state index in [0.717, 1.165) is 9.87 Å². The molecule has 0 unspecified atom stereocenters. The maximum absolute atomic E-state index is 12.5. The van der Waals surface area contributed by atoms with Crippen molar-refractivity contribution < 1.29 is 13.2 Å². The van der Waals surface area contributed by atoms with E-state index in [9.17, 15) is 13.2 Å². The van der Waals surface area contributed by atoms with Gasteiger partial charge in [-0.05, 0) is 41.2 Å². The number of nitrogens with zero attached hydrogens (tertiary/aromatic N) is 1. The summed E-state index contributed by atoms with van der Waals surface area (Å²) in [5, 5.41) is 6.11. The molecule has 2 N–H and O–H groups in total. The van der Waals surface area contributed by atoms with Crippen LogP contribution in [-0.4, -0.2) is 39.3 Å². The molecule has 0 heterocycles. The second kappa shape index (κ2) is 10.2. The van der Waals surface area contributed by atoms with Gasteiger partial charge in [0.25, 0.3) is 0 Å². The van der Waals surface area contributed by atoms with Crippen molar-refractivity contribution in [3.05, 3.63) is 59.7 Å². The molecule has 0 saturated heterocycles. The van der Waals surface area contributed by atoms with Crippen LogP contribution in [0.3, 0.4) is 0 Å². The van der Waals surface area contributed by atoms with Crippen molar-refractivity contribution in [1.29, 1.82) is 0 Å². The fraction of sp³-hybridized carbons (Fsp3) is 0.435. The molecule has 0 saturated carbocycles. The summed E-state index contributed by atoms with van der Waals surface area (Å²) >= 11 is 0. The zero-order chi connectivity index (χ0) is 22.5. The number of amides is 1. The molecular weight excluding hydrogens is 398 g/mol. The molecule has 1 atom stereocenters. The Morgan fingerprint density at radius 1 is 0.967 bits per heavy atom. The van der Waals surface area contributed by atoms with Gasteiger partial charge in [-0.15, -0.1) is 0 Å². The first-order valence-corrected chi connectivity index (χ1v) is 11.6. The van der Waals surface area contributed by atoms with Gasteiger partial charge in [0.1, 0.15) is 0 Å². The molecule has 0 fully saturated rings. The van der Waals surface area contributed by atoms with Crippen LogP contribution in [0.25, 0.3) is 0 Å². The van der Waals surface area contributed by atoms with Gasteiger partial charge in [-0.1, -0.05) is 58.0 Å². The van der Waals surface area contributed by atoms with Crippen LogP contribution in [0.5, 0.6) is 0 Å². The fourth-order valence-corrected chi connectivity index (χ4v) is 4.13. The maximum atomic E-state index is 12.5. The zero-order valence-electron chi connectivity index (χ0n) is 18.6. The topological polar surface area (TPSA) is 78.5 Å². The minimum absolute atomic E-state index is 0.0393. The SMILES string of the molecule is CC(C)c1ccc([C@H](NCC(=O)Nc2cccc(S(=O)(=O)N(C)C)c2)C(C)C)cc1. The van der Waals surface area contributed by atoms with E-state index in [4.69, 9.17) is 0 Å². The Kier molecular flexibility index (Phi) is 8.18. The highest BCUT2D eigenvalue weighted by molar-refractivity contribution is 7.89. The van der Waals surface area contributed by atoms with E-state index in [-0.39, 0.29) is 23.4 Å². The van der Waals surface area contributed by atoms with E-state index in [0.29, 0.717) is 17.5 Å². The van der Waals surface area contributed by atoms with Gasteiger partial charge < -0.3 is 10.6 Å². The summed E-state index contributed by atoms with van der Waals surface area (Å²) in [5.41, 5.74) is 2.87. The number of anilines is 1. The van der Waals surface area contributed by atoms with Crippen LogP contribution in [0.1, 0.15) is 50.8 Å². The van der Waals surface area contributed by atoms with E-state index in [2.05, 4.69) is 62.6 Å². The minimum Gasteiger partial charge on any atom is -0.325 e. The lowest BCUT2D eigenvalue weighted by Crippen LogP contribution is -2.33. The van der Waals surface area contributed by atoms with Crippen LogP contribution in [0.4, 0.5) is 5.69 Å². The summed E-state index contributed by atoms with van der Waals surface area (Å²) in [6, 6.07) is 14.8. The van der Waals surface area contributed by atoms with E-state index in [1.807, 2.05) is 0 Å². The van der Waals surface area contributed by atoms with Crippen LogP contribution in [0.15, 0.2) is 53.4 Å². The third-order valence-electron chi connectivity index (χ3n) is 5.01. The predicted molar refractivity (Wildman–Crippen MR) is 122 cm³/mol. The Bertz CT molecular complexity index is 952. The van der Waals surface area contributed by atoms with Crippen LogP contribution in [0.2, 0.25) is 0 Å². The number of benzene rings is 2. The van der Waals surface area contributed by atoms with Crippen molar-refractivity contribution in [1.82, 2.24) is 9.62 Å². The molecule has 0 spiro atoms. The van der Waals surface area contributed by atoms with E-state index >= 15 is 0 Å². The maximum Gasteiger partial charge on any atom is 0.242 e. The molecule has 0 radical (unpaired) electrons. The second-order valence-corrected chi connectivity index (χ2v) is 10.4. The summed E-state index contributed by atoms with van der Waals surface area (Å²) < 4.78 is 25.7. The van der Waals surface area contributed by atoms with Crippen molar-refractivity contribution in [3.8, 4) is 0 Å². The minimum atomic E-state index is -3.55. The first kappa shape index (κ1) is 24.1. The summed E-state index contributed by atoms with van der Waals surface area (Å²) in [6.45, 7) is 8.68. The second-order valence-electron chi connectivity index (χ2n) is 8.29. The first-order valence-electron chi connectivity index (χ1n) is 10.2. The summed E-state index contributed by atoms with van der Waals surface area (Å²) in [5.74, 6) is 0.553. The summed E-state index contributed by atoms with van der Waals surface area (Å²) in [6.07, 6.45) is 0. The number of carbonyl (C=O) groups is 1. The third kappa shape index (κ3) is 6.14. The smallest absolute Gasteiger partial charge is 0.242 e. The average molecular weight is 432 g/mol. The van der Waals surface area contributed by atoms with Crippen LogP contribution < -0.4 is 10.6 Å². The van der Waals surface area contributed by atoms with Gasteiger partial charge in [-0.25, -0.2) is 12.7 Å². The number of rotatable bonds is 9. The molecule has 2 rings (SSSR count). The first-order chi connectivity index (χ1) is 14.0. The lowest BCUT2D eigenvalue weighted by atomic mass is 9.93. The standard InChI is InChI=1S/C23H33N3O3S/c1-16(2)18-10-12-19(13-11-18)23(17(3)4)24-15-22(27)25-20-8-7-9-21(14-20)30(28,29)26(5)6/h7-14,16-17,23-24H,15H2,1-6H3,(H,25,27)/t23-/m1/s1. The molecule has 0 aromatic heterocycles.